The molecule has 2 heteroatoms. The van der Waals surface area contributed by atoms with Crippen LogP contribution in [0, 0.1) is 6.92 Å². The lowest BCUT2D eigenvalue weighted by atomic mass is 10.0. The van der Waals surface area contributed by atoms with E-state index >= 15 is 0 Å². The van der Waals surface area contributed by atoms with Crippen LogP contribution in [0.1, 0.15) is 64.5 Å². The van der Waals surface area contributed by atoms with Gasteiger partial charge in [-0.25, -0.2) is 0 Å². The van der Waals surface area contributed by atoms with Gasteiger partial charge in [0.1, 0.15) is 5.75 Å². The molecule has 146 valence electrons. The van der Waals surface area contributed by atoms with Gasteiger partial charge in [0, 0.05) is 11.3 Å². The zero-order valence-corrected chi connectivity index (χ0v) is 17.7. The Morgan fingerprint density at radius 3 is 2.56 bits per heavy atom. The number of hydrogen-bond acceptors (Lipinski definition) is 2. The first-order chi connectivity index (χ1) is 12.9. The highest BCUT2D eigenvalue weighted by Crippen LogP contribution is 2.25. The smallest absolute Gasteiger partial charge is 0.122 e. The number of benzene rings is 1. The summed E-state index contributed by atoms with van der Waals surface area (Å²) in [4.78, 5) is 4.81. The molecule has 0 amide bonds. The summed E-state index contributed by atoms with van der Waals surface area (Å²) in [6.07, 6.45) is 12.3. The van der Waals surface area contributed by atoms with Crippen molar-refractivity contribution in [3.63, 3.8) is 0 Å². The van der Waals surface area contributed by atoms with Gasteiger partial charge in [0.2, 0.25) is 0 Å². The number of rotatable bonds is 11. The van der Waals surface area contributed by atoms with Crippen LogP contribution in [0.5, 0.6) is 5.75 Å². The van der Waals surface area contributed by atoms with Crippen molar-refractivity contribution in [1.82, 2.24) is 0 Å². The molecule has 0 fully saturated rings. The van der Waals surface area contributed by atoms with Crippen LogP contribution in [-0.2, 0) is 0 Å². The Morgan fingerprint density at radius 1 is 1.26 bits per heavy atom. The fraction of sp³-hybridized carbons (Fsp3) is 0.400. The minimum absolute atomic E-state index is 0.171. The molecule has 1 rings (SSSR count). The second kappa shape index (κ2) is 12.1. The predicted molar refractivity (Wildman–Crippen MR) is 121 cm³/mol. The van der Waals surface area contributed by atoms with Gasteiger partial charge < -0.3 is 4.74 Å². The van der Waals surface area contributed by atoms with Crippen LogP contribution in [0.3, 0.4) is 0 Å². The average molecular weight is 366 g/mol. The molecule has 1 aromatic carbocycles. The Hall–Kier alpha value is -2.35. The average Bonchev–Trinajstić information content (AvgIpc) is 2.62. The monoisotopic (exact) mass is 365 g/mol. The molecule has 0 bridgehead atoms. The fourth-order valence-corrected chi connectivity index (χ4v) is 2.87. The summed E-state index contributed by atoms with van der Waals surface area (Å²) in [6, 6.07) is 6.16. The largest absolute Gasteiger partial charge is 0.491 e. The van der Waals surface area contributed by atoms with Crippen molar-refractivity contribution >= 4 is 11.4 Å². The van der Waals surface area contributed by atoms with Gasteiger partial charge in [-0.3, -0.25) is 4.99 Å². The highest BCUT2D eigenvalue weighted by molar-refractivity contribution is 5.89. The topological polar surface area (TPSA) is 21.6 Å². The van der Waals surface area contributed by atoms with E-state index in [1.165, 1.54) is 11.3 Å². The zero-order chi connectivity index (χ0) is 20.2. The van der Waals surface area contributed by atoms with Crippen LogP contribution in [0.25, 0.3) is 5.70 Å². The van der Waals surface area contributed by atoms with E-state index in [1.54, 1.807) is 0 Å². The molecule has 2 nitrogen and oxygen atoms in total. The number of hydrogen-bond donors (Lipinski definition) is 0. The zero-order valence-electron chi connectivity index (χ0n) is 17.7. The van der Waals surface area contributed by atoms with Gasteiger partial charge in [-0.2, -0.15) is 0 Å². The molecule has 0 aliphatic rings. The lowest BCUT2D eigenvalue weighted by molar-refractivity contribution is 0.241. The lowest BCUT2D eigenvalue weighted by Crippen LogP contribution is -2.06. The van der Waals surface area contributed by atoms with Crippen molar-refractivity contribution in [3.8, 4) is 5.75 Å². The summed E-state index contributed by atoms with van der Waals surface area (Å²) in [6.45, 7) is 18.3. The predicted octanol–water partition coefficient (Wildman–Crippen LogP) is 7.46. The van der Waals surface area contributed by atoms with E-state index in [0.717, 1.165) is 48.3 Å². The Bertz CT molecular complexity index is 720. The third kappa shape index (κ3) is 8.25. The Labute approximate surface area is 166 Å². The molecule has 0 unspecified atom stereocenters. The first-order valence-electron chi connectivity index (χ1n) is 9.88. The molecule has 1 aromatic rings. The van der Waals surface area contributed by atoms with Gasteiger partial charge in [-0.15, -0.1) is 0 Å². The molecule has 0 heterocycles. The normalized spacial score (nSPS) is 12.7. The molecule has 0 spiro atoms. The summed E-state index contributed by atoms with van der Waals surface area (Å²) in [5.74, 6) is 0.923. The van der Waals surface area contributed by atoms with Crippen LogP contribution in [0.4, 0.5) is 0 Å². The SMILES string of the molecule is C=C/C=C(\C=C/C)CCCC(CC)=NC(=C)c1ccc(OC(C)C)c(C)c1. The molecule has 0 aromatic heterocycles. The van der Waals surface area contributed by atoms with E-state index in [1.807, 2.05) is 39.0 Å². The highest BCUT2D eigenvalue weighted by Gasteiger charge is 2.06. The summed E-state index contributed by atoms with van der Waals surface area (Å²) in [5, 5.41) is 0. The number of aryl methyl sites for hydroxylation is 1. The summed E-state index contributed by atoms with van der Waals surface area (Å²) >= 11 is 0. The standard InChI is InChI=1S/C25H35NO/c1-8-12-22(13-9-2)14-11-15-24(10-3)26-21(7)23-16-17-25(20(6)18-23)27-19(4)5/h8-9,12-13,16-19H,1,7,10-11,14-15H2,2-6H3/b13-9-,22-12+,26-24?. The van der Waals surface area contributed by atoms with Gasteiger partial charge in [0.05, 0.1) is 11.8 Å². The lowest BCUT2D eigenvalue weighted by Gasteiger charge is -2.13. The molecule has 0 N–H and O–H groups in total. The molecule has 0 radical (unpaired) electrons. The van der Waals surface area contributed by atoms with Crippen molar-refractivity contribution in [3.05, 3.63) is 72.4 Å². The van der Waals surface area contributed by atoms with Gasteiger partial charge >= 0.3 is 0 Å². The number of ether oxygens (including phenoxy) is 1. The number of allylic oxidation sites excluding steroid dienone is 5. The molecule has 27 heavy (non-hydrogen) atoms. The van der Waals surface area contributed by atoms with E-state index < -0.39 is 0 Å². The Morgan fingerprint density at radius 2 is 2.00 bits per heavy atom. The Balaban J connectivity index is 2.77. The second-order valence-corrected chi connectivity index (χ2v) is 6.96. The van der Waals surface area contributed by atoms with Gasteiger partial charge in [0.15, 0.2) is 0 Å². The van der Waals surface area contributed by atoms with E-state index in [9.17, 15) is 0 Å². The molecule has 0 aliphatic heterocycles. The van der Waals surface area contributed by atoms with Crippen LogP contribution in [-0.4, -0.2) is 11.8 Å². The van der Waals surface area contributed by atoms with Gasteiger partial charge in [-0.1, -0.05) is 44.4 Å². The maximum atomic E-state index is 5.81. The summed E-state index contributed by atoms with van der Waals surface area (Å²) in [7, 11) is 0. The Kier molecular flexibility index (Phi) is 10.2. The van der Waals surface area contributed by atoms with Crippen molar-refractivity contribution in [1.29, 1.82) is 0 Å². The number of nitrogens with zero attached hydrogens (tertiary/aromatic N) is 1. The third-order valence-electron chi connectivity index (χ3n) is 4.22. The molecule has 0 saturated heterocycles. The molecule has 0 saturated carbocycles. The maximum Gasteiger partial charge on any atom is 0.122 e. The quantitative estimate of drug-likeness (QED) is 0.294. The minimum atomic E-state index is 0.171. The molecular formula is C25H35NO. The molecule has 0 aliphatic carbocycles. The van der Waals surface area contributed by atoms with Crippen LogP contribution in [0.2, 0.25) is 0 Å². The van der Waals surface area contributed by atoms with E-state index in [0.29, 0.717) is 0 Å². The van der Waals surface area contributed by atoms with Gasteiger partial charge in [-0.05, 0) is 82.7 Å². The first kappa shape index (κ1) is 22.7. The molecule has 0 atom stereocenters. The van der Waals surface area contributed by atoms with E-state index in [2.05, 4.69) is 51.3 Å². The van der Waals surface area contributed by atoms with Crippen LogP contribution >= 0.6 is 0 Å². The minimum Gasteiger partial charge on any atom is -0.491 e. The van der Waals surface area contributed by atoms with Crippen LogP contribution in [0.15, 0.2) is 66.2 Å². The third-order valence-corrected chi connectivity index (χ3v) is 4.22. The second-order valence-electron chi connectivity index (χ2n) is 6.96. The summed E-state index contributed by atoms with van der Waals surface area (Å²) < 4.78 is 5.81. The van der Waals surface area contributed by atoms with Crippen molar-refractivity contribution in [2.24, 2.45) is 4.99 Å². The highest BCUT2D eigenvalue weighted by atomic mass is 16.5. The van der Waals surface area contributed by atoms with E-state index in [4.69, 9.17) is 9.73 Å². The van der Waals surface area contributed by atoms with Crippen molar-refractivity contribution < 1.29 is 4.74 Å². The summed E-state index contributed by atoms with van der Waals surface area (Å²) in [5.41, 5.74) is 5.48. The molecular weight excluding hydrogens is 330 g/mol. The van der Waals surface area contributed by atoms with Crippen LogP contribution < -0.4 is 4.74 Å². The van der Waals surface area contributed by atoms with Crippen molar-refractivity contribution in [2.75, 3.05) is 0 Å². The first-order valence-corrected chi connectivity index (χ1v) is 9.88. The van der Waals surface area contributed by atoms with Gasteiger partial charge in [0.25, 0.3) is 0 Å². The number of aliphatic imine (C=N–C) groups is 1. The maximum absolute atomic E-state index is 5.81. The fourth-order valence-electron chi connectivity index (χ4n) is 2.87. The van der Waals surface area contributed by atoms with E-state index in [-0.39, 0.29) is 6.10 Å². The van der Waals surface area contributed by atoms with Crippen molar-refractivity contribution in [2.45, 2.75) is 66.4 Å².